The molecule has 1 heterocycles. The average Bonchev–Trinajstić information content (AvgIpc) is 2.74. The number of nitrogens with one attached hydrogen (secondary N) is 1. The van der Waals surface area contributed by atoms with Crippen molar-refractivity contribution in [1.29, 1.82) is 0 Å². The Morgan fingerprint density at radius 3 is 3.06 bits per heavy atom. The van der Waals surface area contributed by atoms with E-state index in [1.54, 1.807) is 6.07 Å². The van der Waals surface area contributed by atoms with Crippen LogP contribution in [0.15, 0.2) is 17.2 Å². The maximum Gasteiger partial charge on any atom is 0.261 e. The van der Waals surface area contributed by atoms with Crippen molar-refractivity contribution in [3.05, 3.63) is 32.3 Å². The normalized spacial score (nSPS) is 11.6. The zero-order valence-corrected chi connectivity index (χ0v) is 10.1. The van der Waals surface area contributed by atoms with Crippen molar-refractivity contribution in [2.24, 2.45) is 5.11 Å². The molecular weight excluding hydrogens is 224 g/mol. The molecule has 1 amide bonds. The summed E-state index contributed by atoms with van der Waals surface area (Å²) < 4.78 is 0. The van der Waals surface area contributed by atoms with Gasteiger partial charge in [0.05, 0.1) is 11.4 Å². The van der Waals surface area contributed by atoms with Crippen LogP contribution in [0.3, 0.4) is 0 Å². The third-order valence-electron chi connectivity index (χ3n) is 2.17. The Hall–Kier alpha value is -1.52. The molecule has 0 bridgehead atoms. The largest absolute Gasteiger partial charge is 0.349 e. The van der Waals surface area contributed by atoms with E-state index in [1.807, 2.05) is 19.9 Å². The fraction of sp³-hybridized carbons (Fsp3) is 0.500. The Bertz CT molecular complexity index is 409. The number of azide groups is 1. The van der Waals surface area contributed by atoms with Gasteiger partial charge >= 0.3 is 0 Å². The van der Waals surface area contributed by atoms with Crippen molar-refractivity contribution in [2.75, 3.05) is 0 Å². The second-order valence-electron chi connectivity index (χ2n) is 3.44. The van der Waals surface area contributed by atoms with Crippen LogP contribution in [0.5, 0.6) is 0 Å². The number of hydrogen-bond acceptors (Lipinski definition) is 3. The van der Waals surface area contributed by atoms with E-state index in [0.29, 0.717) is 11.4 Å². The van der Waals surface area contributed by atoms with Gasteiger partial charge in [-0.1, -0.05) is 12.0 Å². The highest BCUT2D eigenvalue weighted by molar-refractivity contribution is 7.14. The molecule has 6 heteroatoms. The molecule has 0 radical (unpaired) electrons. The van der Waals surface area contributed by atoms with Crippen LogP contribution in [-0.4, -0.2) is 11.9 Å². The Kier molecular flexibility index (Phi) is 4.82. The van der Waals surface area contributed by atoms with Crippen molar-refractivity contribution in [1.82, 2.24) is 5.32 Å². The molecule has 5 nitrogen and oxygen atoms in total. The lowest BCUT2D eigenvalue weighted by atomic mass is 10.2. The monoisotopic (exact) mass is 238 g/mol. The van der Waals surface area contributed by atoms with Crippen LogP contribution < -0.4 is 5.32 Å². The first-order chi connectivity index (χ1) is 7.67. The summed E-state index contributed by atoms with van der Waals surface area (Å²) in [7, 11) is 0. The first-order valence-corrected chi connectivity index (χ1v) is 5.89. The van der Waals surface area contributed by atoms with Gasteiger partial charge in [0.2, 0.25) is 0 Å². The number of thiophene rings is 1. The minimum Gasteiger partial charge on any atom is -0.349 e. The average molecular weight is 238 g/mol. The number of rotatable bonds is 5. The van der Waals surface area contributed by atoms with E-state index in [4.69, 9.17) is 5.53 Å². The van der Waals surface area contributed by atoms with E-state index in [2.05, 4.69) is 15.3 Å². The Balaban J connectivity index is 2.62. The van der Waals surface area contributed by atoms with Crippen LogP contribution in [0.25, 0.3) is 10.4 Å². The van der Waals surface area contributed by atoms with E-state index in [9.17, 15) is 4.79 Å². The van der Waals surface area contributed by atoms with Crippen LogP contribution in [0.1, 0.15) is 34.8 Å². The van der Waals surface area contributed by atoms with E-state index in [1.165, 1.54) is 11.3 Å². The van der Waals surface area contributed by atoms with E-state index in [-0.39, 0.29) is 11.9 Å². The summed E-state index contributed by atoms with van der Waals surface area (Å²) in [4.78, 5) is 15.9. The number of nitrogens with zero attached hydrogens (tertiary/aromatic N) is 3. The summed E-state index contributed by atoms with van der Waals surface area (Å²) in [6.07, 6.45) is 0.905. The maximum absolute atomic E-state index is 11.7. The number of amides is 1. The van der Waals surface area contributed by atoms with Gasteiger partial charge in [0, 0.05) is 15.8 Å². The predicted octanol–water partition coefficient (Wildman–Crippen LogP) is 3.09. The van der Waals surface area contributed by atoms with Crippen LogP contribution in [0, 0.1) is 0 Å². The highest BCUT2D eigenvalue weighted by Crippen LogP contribution is 2.17. The molecule has 1 atom stereocenters. The molecule has 1 aromatic rings. The predicted molar refractivity (Wildman–Crippen MR) is 64.4 cm³/mol. The fourth-order valence-electron chi connectivity index (χ4n) is 1.08. The maximum atomic E-state index is 11.7. The summed E-state index contributed by atoms with van der Waals surface area (Å²) >= 11 is 1.36. The number of carbonyl (C=O) groups is 1. The highest BCUT2D eigenvalue weighted by atomic mass is 32.1. The van der Waals surface area contributed by atoms with Crippen molar-refractivity contribution in [3.8, 4) is 0 Å². The molecule has 0 aliphatic rings. The number of carbonyl (C=O) groups excluding carboxylic acids is 1. The van der Waals surface area contributed by atoms with Crippen LogP contribution >= 0.6 is 11.3 Å². The van der Waals surface area contributed by atoms with Gasteiger partial charge in [-0.05, 0) is 31.0 Å². The molecule has 0 aliphatic carbocycles. The second kappa shape index (κ2) is 6.15. The molecule has 1 rings (SSSR count). The molecule has 0 aromatic carbocycles. The summed E-state index contributed by atoms with van der Waals surface area (Å²) in [5.74, 6) is -0.0634. The van der Waals surface area contributed by atoms with E-state index in [0.717, 1.165) is 11.3 Å². The van der Waals surface area contributed by atoms with Gasteiger partial charge in [0.25, 0.3) is 5.91 Å². The number of hydrogen-bond donors (Lipinski definition) is 1. The first kappa shape index (κ1) is 12.5. The highest BCUT2D eigenvalue weighted by Gasteiger charge is 2.10. The zero-order chi connectivity index (χ0) is 12.0. The van der Waals surface area contributed by atoms with E-state index < -0.39 is 0 Å². The van der Waals surface area contributed by atoms with Gasteiger partial charge in [-0.25, -0.2) is 0 Å². The fourth-order valence-corrected chi connectivity index (χ4v) is 1.91. The summed E-state index contributed by atoms with van der Waals surface area (Å²) in [6, 6.07) is 3.74. The topological polar surface area (TPSA) is 77.9 Å². The first-order valence-electron chi connectivity index (χ1n) is 5.07. The standard InChI is InChI=1S/C10H14N4OS/c1-3-7(2)13-10(15)9-5-4-8(16-9)6-12-14-11/h4-5,7H,3,6H2,1-2H3,(H,13,15). The van der Waals surface area contributed by atoms with Crippen LogP contribution in [0.2, 0.25) is 0 Å². The van der Waals surface area contributed by atoms with Gasteiger partial charge in [-0.15, -0.1) is 11.3 Å². The minimum atomic E-state index is -0.0634. The van der Waals surface area contributed by atoms with Crippen molar-refractivity contribution in [3.63, 3.8) is 0 Å². The molecule has 0 spiro atoms. The quantitative estimate of drug-likeness (QED) is 0.477. The lowest BCUT2D eigenvalue weighted by Gasteiger charge is -2.09. The smallest absolute Gasteiger partial charge is 0.261 e. The van der Waals surface area contributed by atoms with Crippen molar-refractivity contribution < 1.29 is 4.79 Å². The van der Waals surface area contributed by atoms with Crippen LogP contribution in [-0.2, 0) is 6.54 Å². The van der Waals surface area contributed by atoms with Crippen LogP contribution in [0.4, 0.5) is 0 Å². The molecular formula is C10H14N4OS. The van der Waals surface area contributed by atoms with Crippen molar-refractivity contribution in [2.45, 2.75) is 32.9 Å². The lowest BCUT2D eigenvalue weighted by molar-refractivity contribution is 0.0943. The Morgan fingerprint density at radius 1 is 1.69 bits per heavy atom. The van der Waals surface area contributed by atoms with Gasteiger partial charge in [-0.3, -0.25) is 4.79 Å². The molecule has 86 valence electrons. The molecule has 0 saturated carbocycles. The zero-order valence-electron chi connectivity index (χ0n) is 9.30. The summed E-state index contributed by atoms with van der Waals surface area (Å²) in [5, 5.41) is 6.33. The van der Waals surface area contributed by atoms with Gasteiger partial charge in [0.1, 0.15) is 0 Å². The third kappa shape index (κ3) is 3.56. The molecule has 0 fully saturated rings. The minimum absolute atomic E-state index is 0.0634. The van der Waals surface area contributed by atoms with Gasteiger partial charge < -0.3 is 5.32 Å². The molecule has 1 unspecified atom stereocenters. The van der Waals surface area contributed by atoms with Crippen molar-refractivity contribution >= 4 is 17.2 Å². The lowest BCUT2D eigenvalue weighted by Crippen LogP contribution is -2.31. The molecule has 0 aliphatic heterocycles. The van der Waals surface area contributed by atoms with Gasteiger partial charge in [-0.2, -0.15) is 0 Å². The van der Waals surface area contributed by atoms with Gasteiger partial charge in [0.15, 0.2) is 0 Å². The molecule has 0 saturated heterocycles. The molecule has 1 aromatic heterocycles. The SMILES string of the molecule is CCC(C)NC(=O)c1ccc(CN=[N+]=[N-])s1. The third-order valence-corrected chi connectivity index (χ3v) is 3.23. The molecule has 16 heavy (non-hydrogen) atoms. The van der Waals surface area contributed by atoms with E-state index >= 15 is 0 Å². The molecule has 1 N–H and O–H groups in total. The Morgan fingerprint density at radius 2 is 2.44 bits per heavy atom. The second-order valence-corrected chi connectivity index (χ2v) is 4.61. The summed E-state index contributed by atoms with van der Waals surface area (Å²) in [5.41, 5.74) is 8.18. The summed E-state index contributed by atoms with van der Waals surface area (Å²) in [6.45, 7) is 4.29. The Labute approximate surface area is 98.1 Å².